The topological polar surface area (TPSA) is 35.8 Å². The molecule has 2 rings (SSSR count). The molecule has 114 valence electrons. The lowest BCUT2D eigenvalue weighted by Gasteiger charge is -2.38. The number of nitrogens with zero attached hydrogens (tertiary/aromatic N) is 1. The van der Waals surface area contributed by atoms with Gasteiger partial charge in [-0.2, -0.15) is 5.26 Å². The van der Waals surface area contributed by atoms with E-state index in [1.165, 1.54) is 18.9 Å². The Labute approximate surface area is 127 Å². The molecule has 0 radical (unpaired) electrons. The van der Waals surface area contributed by atoms with Crippen LogP contribution in [0.2, 0.25) is 0 Å². The maximum Gasteiger partial charge on any atom is 0.129 e. The third-order valence-corrected chi connectivity index (χ3v) is 4.84. The minimum atomic E-state index is -0.304. The molecule has 1 aliphatic rings. The Bertz CT molecular complexity index is 545. The van der Waals surface area contributed by atoms with E-state index < -0.39 is 0 Å². The summed E-state index contributed by atoms with van der Waals surface area (Å²) in [6, 6.07) is 5.48. The molecule has 0 bridgehead atoms. The van der Waals surface area contributed by atoms with Crippen molar-refractivity contribution in [3.8, 4) is 6.07 Å². The van der Waals surface area contributed by atoms with Crippen molar-refractivity contribution in [3.63, 3.8) is 0 Å². The molecule has 3 atom stereocenters. The van der Waals surface area contributed by atoms with Crippen molar-refractivity contribution in [3.05, 3.63) is 29.1 Å². The highest BCUT2D eigenvalue weighted by Gasteiger charge is 2.31. The van der Waals surface area contributed by atoms with E-state index in [0.29, 0.717) is 34.9 Å². The summed E-state index contributed by atoms with van der Waals surface area (Å²) < 4.78 is 13.9. The first-order chi connectivity index (χ1) is 9.92. The molecule has 0 spiro atoms. The molecule has 3 unspecified atom stereocenters. The lowest BCUT2D eigenvalue weighted by atomic mass is 9.74. The van der Waals surface area contributed by atoms with E-state index in [1.54, 1.807) is 13.0 Å². The molecule has 1 aromatic rings. The van der Waals surface area contributed by atoms with Crippen molar-refractivity contribution in [1.29, 1.82) is 5.26 Å². The number of nitrogens with one attached hydrogen (secondary N) is 1. The van der Waals surface area contributed by atoms with Gasteiger partial charge in [-0.05, 0) is 49.7 Å². The Kier molecular flexibility index (Phi) is 4.88. The van der Waals surface area contributed by atoms with Crippen LogP contribution in [0.4, 0.5) is 10.1 Å². The van der Waals surface area contributed by atoms with E-state index in [1.807, 2.05) is 6.07 Å². The largest absolute Gasteiger partial charge is 0.382 e. The molecule has 1 N–H and O–H groups in total. The molecule has 0 heterocycles. The SMILES string of the molecule is Cc1c(F)cc(C#N)cc1NC1CC(C)CCC1C(C)C. The number of anilines is 1. The first kappa shape index (κ1) is 15.8. The van der Waals surface area contributed by atoms with Crippen LogP contribution in [-0.4, -0.2) is 6.04 Å². The molecule has 1 saturated carbocycles. The Hall–Kier alpha value is -1.56. The van der Waals surface area contributed by atoms with Crippen LogP contribution in [0.15, 0.2) is 12.1 Å². The average molecular weight is 288 g/mol. The zero-order valence-electron chi connectivity index (χ0n) is 13.4. The predicted molar refractivity (Wildman–Crippen MR) is 84.6 cm³/mol. The molecule has 0 aromatic heterocycles. The van der Waals surface area contributed by atoms with Gasteiger partial charge in [-0.3, -0.25) is 0 Å². The molecular formula is C18H25FN2. The van der Waals surface area contributed by atoms with Gasteiger partial charge in [0.05, 0.1) is 11.6 Å². The normalized spacial score (nSPS) is 25.7. The maximum atomic E-state index is 13.9. The highest BCUT2D eigenvalue weighted by atomic mass is 19.1. The second kappa shape index (κ2) is 6.47. The second-order valence-electron chi connectivity index (χ2n) is 6.82. The number of hydrogen-bond donors (Lipinski definition) is 1. The molecule has 1 aromatic carbocycles. The van der Waals surface area contributed by atoms with E-state index in [4.69, 9.17) is 5.26 Å². The van der Waals surface area contributed by atoms with E-state index >= 15 is 0 Å². The van der Waals surface area contributed by atoms with Gasteiger partial charge in [0, 0.05) is 17.3 Å². The zero-order valence-corrected chi connectivity index (χ0v) is 13.4. The van der Waals surface area contributed by atoms with Gasteiger partial charge >= 0.3 is 0 Å². The zero-order chi connectivity index (χ0) is 15.6. The van der Waals surface area contributed by atoms with Crippen molar-refractivity contribution in [1.82, 2.24) is 0 Å². The van der Waals surface area contributed by atoms with E-state index in [-0.39, 0.29) is 5.82 Å². The Morgan fingerprint density at radius 1 is 1.33 bits per heavy atom. The number of benzene rings is 1. The van der Waals surface area contributed by atoms with E-state index in [0.717, 1.165) is 12.1 Å². The van der Waals surface area contributed by atoms with Gasteiger partial charge in [-0.1, -0.05) is 27.2 Å². The molecule has 3 heteroatoms. The highest BCUT2D eigenvalue weighted by Crippen LogP contribution is 2.36. The molecule has 0 saturated heterocycles. The van der Waals surface area contributed by atoms with Crippen molar-refractivity contribution in [2.45, 2.75) is 53.0 Å². The van der Waals surface area contributed by atoms with Gasteiger partial charge in [0.1, 0.15) is 5.82 Å². The maximum absolute atomic E-state index is 13.9. The van der Waals surface area contributed by atoms with Gasteiger partial charge in [-0.15, -0.1) is 0 Å². The fourth-order valence-electron chi connectivity index (χ4n) is 3.46. The molecule has 1 aliphatic carbocycles. The third kappa shape index (κ3) is 3.56. The van der Waals surface area contributed by atoms with Crippen LogP contribution < -0.4 is 5.32 Å². The number of rotatable bonds is 3. The van der Waals surface area contributed by atoms with Crippen LogP contribution in [-0.2, 0) is 0 Å². The Morgan fingerprint density at radius 3 is 2.67 bits per heavy atom. The van der Waals surface area contributed by atoms with Gasteiger partial charge in [-0.25, -0.2) is 4.39 Å². The van der Waals surface area contributed by atoms with Crippen molar-refractivity contribution < 1.29 is 4.39 Å². The van der Waals surface area contributed by atoms with Crippen molar-refractivity contribution in [2.24, 2.45) is 17.8 Å². The van der Waals surface area contributed by atoms with Crippen molar-refractivity contribution >= 4 is 5.69 Å². The minimum absolute atomic E-state index is 0.304. The van der Waals surface area contributed by atoms with Crippen LogP contribution in [0.5, 0.6) is 0 Å². The van der Waals surface area contributed by atoms with Crippen molar-refractivity contribution in [2.75, 3.05) is 5.32 Å². The average Bonchev–Trinajstić information content (AvgIpc) is 2.43. The number of halogens is 1. The number of nitriles is 1. The van der Waals surface area contributed by atoms with Crippen LogP contribution in [0.3, 0.4) is 0 Å². The molecule has 21 heavy (non-hydrogen) atoms. The lowest BCUT2D eigenvalue weighted by molar-refractivity contribution is 0.212. The van der Waals surface area contributed by atoms with Crippen LogP contribution in [0.25, 0.3) is 0 Å². The van der Waals surface area contributed by atoms with Crippen LogP contribution in [0.1, 0.15) is 51.2 Å². The second-order valence-corrected chi connectivity index (χ2v) is 6.82. The summed E-state index contributed by atoms with van der Waals surface area (Å²) in [5, 5.41) is 12.6. The fraction of sp³-hybridized carbons (Fsp3) is 0.611. The monoisotopic (exact) mass is 288 g/mol. The van der Waals surface area contributed by atoms with E-state index in [9.17, 15) is 4.39 Å². The van der Waals surface area contributed by atoms with Crippen LogP contribution >= 0.6 is 0 Å². The quantitative estimate of drug-likeness (QED) is 0.860. The van der Waals surface area contributed by atoms with Crippen LogP contribution in [0, 0.1) is 41.8 Å². The lowest BCUT2D eigenvalue weighted by Crippen LogP contribution is -2.38. The Morgan fingerprint density at radius 2 is 2.05 bits per heavy atom. The fourth-order valence-corrected chi connectivity index (χ4v) is 3.46. The molecule has 0 aliphatic heterocycles. The summed E-state index contributed by atoms with van der Waals surface area (Å²) in [4.78, 5) is 0. The summed E-state index contributed by atoms with van der Waals surface area (Å²) in [6.45, 7) is 8.57. The first-order valence-corrected chi connectivity index (χ1v) is 7.89. The summed E-state index contributed by atoms with van der Waals surface area (Å²) in [5.41, 5.74) is 1.76. The summed E-state index contributed by atoms with van der Waals surface area (Å²) in [6.07, 6.45) is 3.60. The van der Waals surface area contributed by atoms with E-state index in [2.05, 4.69) is 26.1 Å². The highest BCUT2D eigenvalue weighted by molar-refractivity contribution is 5.56. The molecule has 2 nitrogen and oxygen atoms in total. The molecule has 1 fully saturated rings. The summed E-state index contributed by atoms with van der Waals surface area (Å²) in [5.74, 6) is 1.61. The first-order valence-electron chi connectivity index (χ1n) is 7.89. The van der Waals surface area contributed by atoms with Gasteiger partial charge in [0.25, 0.3) is 0 Å². The molecular weight excluding hydrogens is 263 g/mol. The van der Waals surface area contributed by atoms with Gasteiger partial charge < -0.3 is 5.32 Å². The minimum Gasteiger partial charge on any atom is -0.382 e. The third-order valence-electron chi connectivity index (χ3n) is 4.84. The van der Waals surface area contributed by atoms with Gasteiger partial charge in [0.15, 0.2) is 0 Å². The Balaban J connectivity index is 2.26. The summed E-state index contributed by atoms with van der Waals surface area (Å²) in [7, 11) is 0. The summed E-state index contributed by atoms with van der Waals surface area (Å²) >= 11 is 0. The standard InChI is InChI=1S/C18H25FN2/c1-11(2)15-6-5-12(3)7-18(15)21-17-9-14(10-20)8-16(19)13(17)4/h8-9,11-12,15,18,21H,5-7H2,1-4H3. The number of hydrogen-bond acceptors (Lipinski definition) is 2. The molecule has 0 amide bonds. The smallest absolute Gasteiger partial charge is 0.129 e. The van der Waals surface area contributed by atoms with Gasteiger partial charge in [0.2, 0.25) is 0 Å². The predicted octanol–water partition coefficient (Wildman–Crippen LogP) is 4.88.